The number of rotatable bonds is 2. The van der Waals surface area contributed by atoms with Crippen molar-refractivity contribution in [3.05, 3.63) is 59.7 Å². The van der Waals surface area contributed by atoms with Gasteiger partial charge in [-0.15, -0.1) is 0 Å². The first kappa shape index (κ1) is 10.8. The Hall–Kier alpha value is -1.72. The van der Waals surface area contributed by atoms with Crippen LogP contribution in [0.5, 0.6) is 0 Å². The Balaban J connectivity index is 2.18. The lowest BCUT2D eigenvalue weighted by Gasteiger charge is -2.02. The van der Waals surface area contributed by atoms with Gasteiger partial charge in [0.05, 0.1) is 11.6 Å². The molecule has 78 valence electrons. The Morgan fingerprint density at radius 2 is 1.75 bits per heavy atom. The summed E-state index contributed by atoms with van der Waals surface area (Å²) < 4.78 is 0. The maximum Gasteiger partial charge on any atom is 0.0991 e. The normalized spacial score (nSPS) is 9.75. The molecule has 0 saturated heterocycles. The topological polar surface area (TPSA) is 23.8 Å². The summed E-state index contributed by atoms with van der Waals surface area (Å²) in [4.78, 5) is 2.38. The summed E-state index contributed by atoms with van der Waals surface area (Å²) in [6.07, 6.45) is 0. The van der Waals surface area contributed by atoms with Crippen molar-refractivity contribution < 1.29 is 0 Å². The van der Waals surface area contributed by atoms with E-state index >= 15 is 0 Å². The molecule has 2 aromatic carbocycles. The van der Waals surface area contributed by atoms with Crippen LogP contribution in [-0.4, -0.2) is 0 Å². The molecule has 0 radical (unpaired) electrons. The molecule has 0 fully saturated rings. The molecule has 0 atom stereocenters. The van der Waals surface area contributed by atoms with E-state index in [1.165, 1.54) is 10.5 Å². The first-order valence-electron chi connectivity index (χ1n) is 5.02. The molecule has 0 amide bonds. The van der Waals surface area contributed by atoms with E-state index in [4.69, 9.17) is 5.26 Å². The fraction of sp³-hybridized carbons (Fsp3) is 0.0714. The molecule has 2 aromatic rings. The Labute approximate surface area is 99.7 Å². The van der Waals surface area contributed by atoms with Gasteiger partial charge in [0.15, 0.2) is 0 Å². The molecule has 0 heterocycles. The molecule has 0 aromatic heterocycles. The Morgan fingerprint density at radius 1 is 1.00 bits per heavy atom. The van der Waals surface area contributed by atoms with Gasteiger partial charge in [0.1, 0.15) is 0 Å². The van der Waals surface area contributed by atoms with Gasteiger partial charge in [-0.05, 0) is 43.3 Å². The molecular weight excluding hydrogens is 214 g/mol. The Morgan fingerprint density at radius 3 is 2.38 bits per heavy atom. The molecule has 0 unspecified atom stereocenters. The van der Waals surface area contributed by atoms with E-state index in [0.29, 0.717) is 5.56 Å². The molecule has 1 nitrogen and oxygen atoms in total. The van der Waals surface area contributed by atoms with E-state index in [1.807, 2.05) is 24.3 Å². The average Bonchev–Trinajstić information content (AvgIpc) is 2.30. The first-order chi connectivity index (χ1) is 7.78. The molecule has 0 aliphatic heterocycles. The lowest BCUT2D eigenvalue weighted by Crippen LogP contribution is -1.77. The van der Waals surface area contributed by atoms with Crippen LogP contribution in [-0.2, 0) is 0 Å². The smallest absolute Gasteiger partial charge is 0.0991 e. The van der Waals surface area contributed by atoms with Gasteiger partial charge in [-0.1, -0.05) is 29.5 Å². The van der Waals surface area contributed by atoms with Crippen LogP contribution in [0.25, 0.3) is 0 Å². The number of hydrogen-bond acceptors (Lipinski definition) is 2. The monoisotopic (exact) mass is 225 g/mol. The largest absolute Gasteiger partial charge is 0.192 e. The average molecular weight is 225 g/mol. The molecule has 0 aliphatic rings. The van der Waals surface area contributed by atoms with Gasteiger partial charge in [-0.3, -0.25) is 0 Å². The second kappa shape index (κ2) is 4.87. The van der Waals surface area contributed by atoms with Gasteiger partial charge in [0.2, 0.25) is 0 Å². The van der Waals surface area contributed by atoms with Crippen molar-refractivity contribution in [1.82, 2.24) is 0 Å². The highest BCUT2D eigenvalue weighted by Gasteiger charge is 1.97. The van der Waals surface area contributed by atoms with Crippen molar-refractivity contribution in [2.24, 2.45) is 0 Å². The predicted molar refractivity (Wildman–Crippen MR) is 66.5 cm³/mol. The van der Waals surface area contributed by atoms with Crippen LogP contribution in [0.15, 0.2) is 58.3 Å². The van der Waals surface area contributed by atoms with Crippen LogP contribution in [0.1, 0.15) is 11.1 Å². The number of nitriles is 1. The van der Waals surface area contributed by atoms with Gasteiger partial charge >= 0.3 is 0 Å². The second-order valence-corrected chi connectivity index (χ2v) is 4.70. The molecule has 16 heavy (non-hydrogen) atoms. The second-order valence-electron chi connectivity index (χ2n) is 3.55. The standard InChI is InChI=1S/C14H11NS/c1-11-3-2-4-14(9-11)16-13-7-5-12(10-15)6-8-13/h2-9H,1H3. The van der Waals surface area contributed by atoms with Gasteiger partial charge < -0.3 is 0 Å². The van der Waals surface area contributed by atoms with Crippen LogP contribution in [0.4, 0.5) is 0 Å². The van der Waals surface area contributed by atoms with E-state index in [9.17, 15) is 0 Å². The van der Waals surface area contributed by atoms with Crippen LogP contribution >= 0.6 is 11.8 Å². The summed E-state index contributed by atoms with van der Waals surface area (Å²) in [5.41, 5.74) is 1.97. The molecule has 0 N–H and O–H groups in total. The van der Waals surface area contributed by atoms with E-state index in [0.717, 1.165) is 4.90 Å². The molecule has 2 heteroatoms. The third kappa shape index (κ3) is 2.65. The minimum atomic E-state index is 0.702. The van der Waals surface area contributed by atoms with E-state index in [1.54, 1.807) is 11.8 Å². The van der Waals surface area contributed by atoms with Crippen LogP contribution in [0.2, 0.25) is 0 Å². The van der Waals surface area contributed by atoms with E-state index in [2.05, 4.69) is 37.3 Å². The molecule has 0 saturated carbocycles. The molecule has 0 aliphatic carbocycles. The summed E-state index contributed by atoms with van der Waals surface area (Å²) in [7, 11) is 0. The summed E-state index contributed by atoms with van der Waals surface area (Å²) in [6, 6.07) is 18.2. The van der Waals surface area contributed by atoms with Crippen molar-refractivity contribution in [2.75, 3.05) is 0 Å². The zero-order valence-electron chi connectivity index (χ0n) is 8.97. The summed E-state index contributed by atoms with van der Waals surface area (Å²) >= 11 is 1.71. The predicted octanol–water partition coefficient (Wildman–Crippen LogP) is 4.02. The molecular formula is C14H11NS. The molecule has 2 rings (SSSR count). The lowest BCUT2D eigenvalue weighted by atomic mass is 10.2. The summed E-state index contributed by atoms with van der Waals surface area (Å²) in [5, 5.41) is 8.70. The maximum absolute atomic E-state index is 8.70. The SMILES string of the molecule is Cc1cccc(Sc2ccc(C#N)cc2)c1. The number of hydrogen-bond donors (Lipinski definition) is 0. The van der Waals surface area contributed by atoms with Crippen molar-refractivity contribution in [2.45, 2.75) is 16.7 Å². The van der Waals surface area contributed by atoms with E-state index in [-0.39, 0.29) is 0 Å². The van der Waals surface area contributed by atoms with Crippen LogP contribution < -0.4 is 0 Å². The van der Waals surface area contributed by atoms with Gasteiger partial charge in [-0.25, -0.2) is 0 Å². The van der Waals surface area contributed by atoms with Crippen molar-refractivity contribution in [3.63, 3.8) is 0 Å². The van der Waals surface area contributed by atoms with Crippen molar-refractivity contribution in [3.8, 4) is 6.07 Å². The Bertz CT molecular complexity index is 523. The zero-order valence-corrected chi connectivity index (χ0v) is 9.79. The van der Waals surface area contributed by atoms with Gasteiger partial charge in [-0.2, -0.15) is 5.26 Å². The minimum Gasteiger partial charge on any atom is -0.192 e. The summed E-state index contributed by atoms with van der Waals surface area (Å²) in [5.74, 6) is 0. The lowest BCUT2D eigenvalue weighted by molar-refractivity contribution is 1.34. The summed E-state index contributed by atoms with van der Waals surface area (Å²) in [6.45, 7) is 2.09. The Kier molecular flexibility index (Phi) is 3.28. The number of aryl methyl sites for hydroxylation is 1. The fourth-order valence-electron chi connectivity index (χ4n) is 1.41. The number of nitrogens with zero attached hydrogens (tertiary/aromatic N) is 1. The zero-order chi connectivity index (χ0) is 11.4. The third-order valence-corrected chi connectivity index (χ3v) is 3.21. The first-order valence-corrected chi connectivity index (χ1v) is 5.84. The van der Waals surface area contributed by atoms with Gasteiger partial charge in [0, 0.05) is 9.79 Å². The van der Waals surface area contributed by atoms with Crippen LogP contribution in [0.3, 0.4) is 0 Å². The third-order valence-electron chi connectivity index (χ3n) is 2.21. The highest BCUT2D eigenvalue weighted by Crippen LogP contribution is 2.28. The number of benzene rings is 2. The minimum absolute atomic E-state index is 0.702. The maximum atomic E-state index is 8.70. The van der Waals surface area contributed by atoms with Gasteiger partial charge in [0.25, 0.3) is 0 Å². The quantitative estimate of drug-likeness (QED) is 0.770. The fourth-order valence-corrected chi connectivity index (χ4v) is 2.35. The molecule has 0 bridgehead atoms. The van der Waals surface area contributed by atoms with Crippen molar-refractivity contribution >= 4 is 11.8 Å². The highest BCUT2D eigenvalue weighted by molar-refractivity contribution is 7.99. The van der Waals surface area contributed by atoms with E-state index < -0.39 is 0 Å². The van der Waals surface area contributed by atoms with Crippen molar-refractivity contribution in [1.29, 1.82) is 5.26 Å². The van der Waals surface area contributed by atoms with Crippen LogP contribution in [0, 0.1) is 18.3 Å². The highest BCUT2D eigenvalue weighted by atomic mass is 32.2. The molecule has 0 spiro atoms.